The minimum atomic E-state index is -10.1. The summed E-state index contributed by atoms with van der Waals surface area (Å²) < 4.78 is 114. The maximum absolute atomic E-state index is 13.3. The number of nitrogens with zero attached hydrogens (tertiary/aromatic N) is 1. The first-order valence-electron chi connectivity index (χ1n) is 8.24. The zero-order chi connectivity index (χ0) is 24.4. The second-order valence-electron chi connectivity index (χ2n) is 6.11. The van der Waals surface area contributed by atoms with Gasteiger partial charge >= 0.3 is 22.4 Å². The first kappa shape index (κ1) is 25.8. The molecule has 0 radical (unpaired) electrons. The third kappa shape index (κ3) is 7.04. The highest BCUT2D eigenvalue weighted by Crippen LogP contribution is 3.02. The number of halogens is 8. The third-order valence-corrected chi connectivity index (χ3v) is 5.74. The summed E-state index contributed by atoms with van der Waals surface area (Å²) in [5, 5.41) is 8.92. The monoisotopic (exact) mass is 519 g/mol. The zero-order valence-electron chi connectivity index (χ0n) is 15.5. The van der Waals surface area contributed by atoms with Crippen LogP contribution in [0.25, 0.3) is 6.08 Å². The molecule has 182 valence electrons. The van der Waals surface area contributed by atoms with Gasteiger partial charge in [-0.25, -0.2) is 4.79 Å². The molecule has 0 saturated carbocycles. The Hall–Kier alpha value is -2.43. The molecule has 1 unspecified atom stereocenters. The number of hydrogen-bond donors (Lipinski definition) is 0. The molecule has 0 aliphatic carbocycles. The van der Waals surface area contributed by atoms with E-state index in [1.807, 2.05) is 0 Å². The Bertz CT molecular complexity index is 935. The van der Waals surface area contributed by atoms with Crippen molar-refractivity contribution >= 4 is 34.0 Å². The van der Waals surface area contributed by atoms with Gasteiger partial charge in [-0.1, -0.05) is 19.4 Å². The molecule has 1 heterocycles. The first-order valence-corrected chi connectivity index (χ1v) is 11.3. The Labute approximate surface area is 178 Å². The number of esters is 1. The topological polar surface area (TPSA) is 87.9 Å². The molecule has 32 heavy (non-hydrogen) atoms. The van der Waals surface area contributed by atoms with E-state index in [9.17, 15) is 47.5 Å². The molecule has 0 N–H and O–H groups in total. The van der Waals surface area contributed by atoms with Gasteiger partial charge in [0.2, 0.25) is 6.10 Å². The number of fused-ring (bicyclic) bond motifs is 1. The summed E-state index contributed by atoms with van der Waals surface area (Å²) in [6, 6.07) is 0.0936. The van der Waals surface area contributed by atoms with Crippen LogP contribution >= 0.6 is 22.0 Å². The highest BCUT2D eigenvalue weighted by Gasteiger charge is 2.65. The van der Waals surface area contributed by atoms with Gasteiger partial charge in [0, 0.05) is 17.1 Å². The van der Waals surface area contributed by atoms with Crippen molar-refractivity contribution in [3.05, 3.63) is 39.4 Å². The Kier molecular flexibility index (Phi) is 6.59. The van der Waals surface area contributed by atoms with Gasteiger partial charge in [-0.3, -0.25) is 0 Å². The number of rotatable bonds is 9. The van der Waals surface area contributed by atoms with E-state index in [1.165, 1.54) is 0 Å². The highest BCUT2D eigenvalue weighted by atomic mass is 32.5. The summed E-state index contributed by atoms with van der Waals surface area (Å²) >= 11 is 0.999. The largest absolute Gasteiger partial charge is 0.475 e. The van der Waals surface area contributed by atoms with Crippen LogP contribution in [0.5, 0.6) is 5.75 Å². The minimum Gasteiger partial charge on any atom is -0.475 e. The van der Waals surface area contributed by atoms with Crippen LogP contribution in [0.2, 0.25) is 0 Å². The molecule has 1 atom stereocenters. The molecule has 0 bridgehead atoms. The van der Waals surface area contributed by atoms with Gasteiger partial charge in [0.15, 0.2) is 0 Å². The average molecular weight is 519 g/mol. The number of ether oxygens (including phenoxy) is 2. The van der Waals surface area contributed by atoms with E-state index in [0.29, 0.717) is 12.1 Å². The van der Waals surface area contributed by atoms with E-state index in [-0.39, 0.29) is 30.2 Å². The predicted molar refractivity (Wildman–Crippen MR) is 97.5 cm³/mol. The van der Waals surface area contributed by atoms with E-state index in [4.69, 9.17) is 0 Å². The normalized spacial score (nSPS) is 18.4. The molecule has 0 saturated heterocycles. The number of benzene rings is 1. The predicted octanol–water partition coefficient (Wildman–Crippen LogP) is 5.54. The van der Waals surface area contributed by atoms with Crippen molar-refractivity contribution in [2.24, 2.45) is 0 Å². The summed E-state index contributed by atoms with van der Waals surface area (Å²) in [5.74, 6) is -2.27. The molecule has 1 aliphatic rings. The fourth-order valence-corrected chi connectivity index (χ4v) is 3.65. The summed E-state index contributed by atoms with van der Waals surface area (Å²) in [7, 11) is -10.1. The van der Waals surface area contributed by atoms with E-state index >= 15 is 0 Å². The molecule has 0 spiro atoms. The Morgan fingerprint density at radius 3 is 2.34 bits per heavy atom. The van der Waals surface area contributed by atoms with Crippen LogP contribution < -0.4 is 4.74 Å². The molecule has 0 fully saturated rings. The van der Waals surface area contributed by atoms with Gasteiger partial charge in [0.25, 0.3) is 5.09 Å². The van der Waals surface area contributed by atoms with E-state index in [1.54, 1.807) is 0 Å². The van der Waals surface area contributed by atoms with Crippen LogP contribution in [0.3, 0.4) is 0 Å². The molecule has 17 heteroatoms. The molecule has 1 aromatic rings. The lowest BCUT2D eigenvalue weighted by Crippen LogP contribution is -2.41. The third-order valence-electron chi connectivity index (χ3n) is 3.68. The maximum Gasteiger partial charge on any atom is 0.430 e. The fourth-order valence-electron chi connectivity index (χ4n) is 2.38. The van der Waals surface area contributed by atoms with Crippen molar-refractivity contribution < 1.29 is 56.8 Å². The van der Waals surface area contributed by atoms with Crippen LogP contribution in [0, 0.1) is 10.1 Å². The maximum atomic E-state index is 13.3. The number of alkyl halides is 3. The summed E-state index contributed by atoms with van der Waals surface area (Å²) in [4.78, 5) is 23.7. The standard InChI is InChI=1S/C15H13F8NO6S2/c16-15(17,18)13-11(14(25)28-3-5-31-6-4-29-24(26)27)8-9-7-10(1-2-12(9)30-13)32(19,20,21,22)23/h1-2,7-8,13H,3-6H2. The smallest absolute Gasteiger partial charge is 0.430 e. The van der Waals surface area contributed by atoms with Crippen LogP contribution in [-0.4, -0.2) is 48.1 Å². The molecule has 0 amide bonds. The molecular formula is C15H13F8NO6S2. The van der Waals surface area contributed by atoms with Crippen LogP contribution in [0.1, 0.15) is 5.56 Å². The summed E-state index contributed by atoms with van der Waals surface area (Å²) in [6.07, 6.45) is -7.71. The molecule has 0 aromatic heterocycles. The van der Waals surface area contributed by atoms with Gasteiger partial charge in [0.05, 0.1) is 5.57 Å². The Morgan fingerprint density at radius 2 is 1.78 bits per heavy atom. The molecule has 2 rings (SSSR count). The van der Waals surface area contributed by atoms with Crippen LogP contribution in [0.15, 0.2) is 28.7 Å². The molecule has 1 aromatic carbocycles. The Morgan fingerprint density at radius 1 is 1.16 bits per heavy atom. The van der Waals surface area contributed by atoms with E-state index in [2.05, 4.69) is 14.3 Å². The molecule has 7 nitrogen and oxygen atoms in total. The van der Waals surface area contributed by atoms with Crippen LogP contribution in [-0.2, 0) is 14.4 Å². The van der Waals surface area contributed by atoms with Crippen molar-refractivity contribution in [3.8, 4) is 5.75 Å². The zero-order valence-corrected chi connectivity index (χ0v) is 17.1. The van der Waals surface area contributed by atoms with Gasteiger partial charge in [-0.05, 0) is 24.3 Å². The number of thioether (sulfide) groups is 1. The Balaban J connectivity index is 2.19. The quantitative estimate of drug-likeness (QED) is 0.139. The van der Waals surface area contributed by atoms with Crippen LogP contribution in [0.4, 0.5) is 32.6 Å². The number of carbonyl (C=O) groups excluding carboxylic acids is 1. The lowest BCUT2D eigenvalue weighted by Gasteiger charge is -2.41. The van der Waals surface area contributed by atoms with Gasteiger partial charge in [0.1, 0.15) is 23.9 Å². The van der Waals surface area contributed by atoms with Gasteiger partial charge < -0.3 is 14.3 Å². The van der Waals surface area contributed by atoms with Gasteiger partial charge in [-0.15, -0.1) is 10.1 Å². The lowest BCUT2D eigenvalue weighted by atomic mass is 10.0. The SMILES string of the molecule is O=C(OCCSCCO[N+](=O)[O-])C1=Cc2cc(S(F)(F)(F)(F)F)ccc2OC1C(F)(F)F. The molecule has 1 aliphatic heterocycles. The number of carbonyl (C=O) groups is 1. The van der Waals surface area contributed by atoms with Crippen molar-refractivity contribution in [2.45, 2.75) is 17.2 Å². The van der Waals surface area contributed by atoms with Crippen molar-refractivity contribution in [2.75, 3.05) is 24.7 Å². The second-order valence-corrected chi connectivity index (χ2v) is 9.75. The fraction of sp³-hybridized carbons (Fsp3) is 0.400. The minimum absolute atomic E-state index is 0.00257. The lowest BCUT2D eigenvalue weighted by molar-refractivity contribution is -0.756. The second kappa shape index (κ2) is 8.17. The first-order chi connectivity index (χ1) is 14.4. The highest BCUT2D eigenvalue weighted by molar-refractivity contribution is 8.45. The average Bonchev–Trinajstić information content (AvgIpc) is 2.62. The van der Waals surface area contributed by atoms with Crippen molar-refractivity contribution in [1.82, 2.24) is 0 Å². The van der Waals surface area contributed by atoms with Crippen molar-refractivity contribution in [1.29, 1.82) is 0 Å². The van der Waals surface area contributed by atoms with E-state index in [0.717, 1.165) is 11.8 Å². The van der Waals surface area contributed by atoms with E-state index < -0.39 is 61.9 Å². The summed E-state index contributed by atoms with van der Waals surface area (Å²) in [5.41, 5.74) is -2.04. The summed E-state index contributed by atoms with van der Waals surface area (Å²) in [6.45, 7) is -0.742. The number of hydrogen-bond acceptors (Lipinski definition) is 7. The van der Waals surface area contributed by atoms with Gasteiger partial charge in [-0.2, -0.15) is 24.9 Å². The van der Waals surface area contributed by atoms with Crippen molar-refractivity contribution in [3.63, 3.8) is 0 Å². The molecular weight excluding hydrogens is 506 g/mol.